The van der Waals surface area contributed by atoms with E-state index in [2.05, 4.69) is 15.0 Å². The molecule has 0 aliphatic carbocycles. The first-order valence-corrected chi connectivity index (χ1v) is 7.74. The van der Waals surface area contributed by atoms with Crippen LogP contribution < -0.4 is 0 Å². The maximum Gasteiger partial charge on any atom is 0.273 e. The van der Waals surface area contributed by atoms with Gasteiger partial charge < -0.3 is 4.90 Å². The minimum atomic E-state index is -0.319. The third kappa shape index (κ3) is 3.57. The van der Waals surface area contributed by atoms with Gasteiger partial charge in [-0.3, -0.25) is 4.79 Å². The second kappa shape index (κ2) is 6.62. The average molecular weight is 328 g/mol. The number of hydrogen-bond donors (Lipinski definition) is 0. The van der Waals surface area contributed by atoms with Crippen molar-refractivity contribution in [3.05, 3.63) is 65.2 Å². The van der Waals surface area contributed by atoms with Crippen molar-refractivity contribution in [1.29, 1.82) is 0 Å². The molecule has 5 nitrogen and oxygen atoms in total. The highest BCUT2D eigenvalue weighted by Gasteiger charge is 2.17. The topological polar surface area (TPSA) is 59.0 Å². The summed E-state index contributed by atoms with van der Waals surface area (Å²) in [7, 11) is 1.66. The highest BCUT2D eigenvalue weighted by Crippen LogP contribution is 2.20. The molecule has 0 saturated carbocycles. The molecule has 0 N–H and O–H groups in total. The second-order valence-corrected chi connectivity index (χ2v) is 5.76. The van der Waals surface area contributed by atoms with E-state index in [-0.39, 0.29) is 11.7 Å². The number of carbonyl (C=O) groups is 1. The van der Waals surface area contributed by atoms with Gasteiger partial charge in [-0.05, 0) is 23.8 Å². The van der Waals surface area contributed by atoms with Crippen molar-refractivity contribution in [3.63, 3.8) is 0 Å². The van der Waals surface area contributed by atoms with Gasteiger partial charge in [0.15, 0.2) is 10.8 Å². The van der Waals surface area contributed by atoms with E-state index in [0.29, 0.717) is 23.1 Å². The first kappa shape index (κ1) is 15.2. The molecule has 2 aromatic heterocycles. The van der Waals surface area contributed by atoms with E-state index in [1.54, 1.807) is 43.0 Å². The molecular weight excluding hydrogens is 315 g/mol. The Labute approximate surface area is 136 Å². The van der Waals surface area contributed by atoms with E-state index in [4.69, 9.17) is 0 Å². The number of aromatic nitrogens is 3. The van der Waals surface area contributed by atoms with Gasteiger partial charge in [0, 0.05) is 31.4 Å². The molecule has 0 bridgehead atoms. The van der Waals surface area contributed by atoms with Crippen molar-refractivity contribution in [1.82, 2.24) is 19.9 Å². The van der Waals surface area contributed by atoms with Crippen LogP contribution in [0.5, 0.6) is 0 Å². The second-order valence-electron chi connectivity index (χ2n) is 4.90. The molecule has 0 fully saturated rings. The number of carbonyl (C=O) groups excluding carboxylic acids is 1. The normalized spacial score (nSPS) is 10.5. The molecule has 1 aromatic carbocycles. The fraction of sp³-hybridized carbons (Fsp3) is 0.125. The van der Waals surface area contributed by atoms with Gasteiger partial charge in [0.25, 0.3) is 5.91 Å². The summed E-state index contributed by atoms with van der Waals surface area (Å²) in [4.78, 5) is 26.4. The number of thiazole rings is 1. The van der Waals surface area contributed by atoms with Gasteiger partial charge in [-0.25, -0.2) is 19.3 Å². The molecule has 116 valence electrons. The first-order valence-electron chi connectivity index (χ1n) is 6.86. The van der Waals surface area contributed by atoms with Gasteiger partial charge in [-0.1, -0.05) is 12.1 Å². The van der Waals surface area contributed by atoms with Gasteiger partial charge >= 0.3 is 0 Å². The molecule has 0 saturated heterocycles. The van der Waals surface area contributed by atoms with Crippen LogP contribution in [0, 0.1) is 5.82 Å². The number of amides is 1. The Morgan fingerprint density at radius 1 is 1.26 bits per heavy atom. The molecule has 0 aliphatic rings. The summed E-state index contributed by atoms with van der Waals surface area (Å²) in [5.41, 5.74) is 1.05. The Morgan fingerprint density at radius 2 is 2.04 bits per heavy atom. The number of nitrogens with zero attached hydrogens (tertiary/aromatic N) is 4. The van der Waals surface area contributed by atoms with Crippen molar-refractivity contribution < 1.29 is 9.18 Å². The Bertz CT molecular complexity index is 822. The molecule has 3 aromatic rings. The van der Waals surface area contributed by atoms with E-state index < -0.39 is 0 Å². The summed E-state index contributed by atoms with van der Waals surface area (Å²) in [6.45, 7) is 0.311. The van der Waals surface area contributed by atoms with Crippen LogP contribution in [0.4, 0.5) is 4.39 Å². The van der Waals surface area contributed by atoms with Crippen LogP contribution in [0.2, 0.25) is 0 Å². The highest BCUT2D eigenvalue weighted by atomic mass is 32.1. The fourth-order valence-corrected chi connectivity index (χ4v) is 2.80. The molecular formula is C16H13FN4OS. The number of halogens is 1. The molecule has 23 heavy (non-hydrogen) atoms. The number of benzene rings is 1. The van der Waals surface area contributed by atoms with E-state index in [9.17, 15) is 9.18 Å². The smallest absolute Gasteiger partial charge is 0.273 e. The fourth-order valence-electron chi connectivity index (χ4n) is 2.06. The van der Waals surface area contributed by atoms with Crippen molar-refractivity contribution in [2.24, 2.45) is 0 Å². The molecule has 1 amide bonds. The van der Waals surface area contributed by atoms with E-state index in [1.165, 1.54) is 28.4 Å². The minimum Gasteiger partial charge on any atom is -0.336 e. The molecule has 0 radical (unpaired) electrons. The summed E-state index contributed by atoms with van der Waals surface area (Å²) in [6, 6.07) is 7.90. The van der Waals surface area contributed by atoms with Crippen LogP contribution in [-0.4, -0.2) is 32.8 Å². The Morgan fingerprint density at radius 3 is 2.78 bits per heavy atom. The zero-order chi connectivity index (χ0) is 16.2. The van der Waals surface area contributed by atoms with Crippen LogP contribution in [0.15, 0.2) is 48.1 Å². The summed E-state index contributed by atoms with van der Waals surface area (Å²) < 4.78 is 13.2. The predicted octanol–water partition coefficient (Wildman–Crippen LogP) is 3.01. The quantitative estimate of drug-likeness (QED) is 0.739. The summed E-state index contributed by atoms with van der Waals surface area (Å²) in [5, 5.41) is 2.27. The maximum absolute atomic E-state index is 13.2. The molecule has 3 rings (SSSR count). The van der Waals surface area contributed by atoms with E-state index >= 15 is 0 Å². The van der Waals surface area contributed by atoms with Crippen LogP contribution in [0.25, 0.3) is 10.8 Å². The standard InChI is InChI=1S/C16H13FN4OS/c1-21(9-11-4-2-5-12(17)8-11)16(22)13-10-23-15(20-13)14-18-6-3-7-19-14/h2-8,10H,9H2,1H3. The summed E-state index contributed by atoms with van der Waals surface area (Å²) in [6.07, 6.45) is 3.25. The molecule has 2 heterocycles. The number of hydrogen-bond acceptors (Lipinski definition) is 5. The van der Waals surface area contributed by atoms with Gasteiger partial charge in [-0.2, -0.15) is 0 Å². The highest BCUT2D eigenvalue weighted by molar-refractivity contribution is 7.13. The van der Waals surface area contributed by atoms with Crippen molar-refractivity contribution in [2.75, 3.05) is 7.05 Å². The van der Waals surface area contributed by atoms with Crippen LogP contribution in [-0.2, 0) is 6.54 Å². The number of rotatable bonds is 4. The monoisotopic (exact) mass is 328 g/mol. The molecule has 0 unspecified atom stereocenters. The van der Waals surface area contributed by atoms with Gasteiger partial charge in [0.1, 0.15) is 11.5 Å². The zero-order valence-electron chi connectivity index (χ0n) is 12.3. The van der Waals surface area contributed by atoms with Crippen molar-refractivity contribution in [3.8, 4) is 10.8 Å². The van der Waals surface area contributed by atoms with Gasteiger partial charge in [-0.15, -0.1) is 11.3 Å². The molecule has 0 spiro atoms. The summed E-state index contributed by atoms with van der Waals surface area (Å²) >= 11 is 1.31. The SMILES string of the molecule is CN(Cc1cccc(F)c1)C(=O)c1csc(-c2ncccn2)n1. The lowest BCUT2D eigenvalue weighted by molar-refractivity contribution is 0.0780. The van der Waals surface area contributed by atoms with Gasteiger partial charge in [0.2, 0.25) is 0 Å². The Kier molecular flexibility index (Phi) is 4.38. The van der Waals surface area contributed by atoms with Crippen molar-refractivity contribution in [2.45, 2.75) is 6.54 Å². The first-order chi connectivity index (χ1) is 11.1. The van der Waals surface area contributed by atoms with Crippen LogP contribution >= 0.6 is 11.3 Å². The van der Waals surface area contributed by atoms with Crippen LogP contribution in [0.3, 0.4) is 0 Å². The van der Waals surface area contributed by atoms with Gasteiger partial charge in [0.05, 0.1) is 0 Å². The Hall–Kier alpha value is -2.67. The Balaban J connectivity index is 1.74. The lowest BCUT2D eigenvalue weighted by Crippen LogP contribution is -2.26. The third-order valence-electron chi connectivity index (χ3n) is 3.14. The lowest BCUT2D eigenvalue weighted by Gasteiger charge is -2.15. The van der Waals surface area contributed by atoms with Crippen molar-refractivity contribution >= 4 is 17.2 Å². The van der Waals surface area contributed by atoms with Crippen LogP contribution in [0.1, 0.15) is 16.1 Å². The minimum absolute atomic E-state index is 0.229. The lowest BCUT2D eigenvalue weighted by atomic mass is 10.2. The average Bonchev–Trinajstić information content (AvgIpc) is 3.05. The predicted molar refractivity (Wildman–Crippen MR) is 85.3 cm³/mol. The largest absolute Gasteiger partial charge is 0.336 e. The summed E-state index contributed by atoms with van der Waals surface area (Å²) in [5.74, 6) is -0.0578. The third-order valence-corrected chi connectivity index (χ3v) is 3.97. The van der Waals surface area contributed by atoms with E-state index in [0.717, 1.165) is 5.56 Å². The molecule has 0 atom stereocenters. The zero-order valence-corrected chi connectivity index (χ0v) is 13.1. The van der Waals surface area contributed by atoms with E-state index in [1.807, 2.05) is 0 Å². The molecule has 7 heteroatoms. The molecule has 0 aliphatic heterocycles. The maximum atomic E-state index is 13.2.